The molecule has 1 aromatic heterocycles. The van der Waals surface area contributed by atoms with Gasteiger partial charge in [-0.1, -0.05) is 35.5 Å². The van der Waals surface area contributed by atoms with Gasteiger partial charge in [-0.3, -0.25) is 4.68 Å². The zero-order valence-electron chi connectivity index (χ0n) is 11.7. The molecule has 110 valence electrons. The van der Waals surface area contributed by atoms with Gasteiger partial charge in [0.2, 0.25) is 0 Å². The van der Waals surface area contributed by atoms with Crippen LogP contribution in [0.25, 0.3) is 0 Å². The zero-order valence-corrected chi connectivity index (χ0v) is 11.7. The van der Waals surface area contributed by atoms with Gasteiger partial charge in [0.1, 0.15) is 0 Å². The molecule has 0 saturated carbocycles. The smallest absolute Gasteiger partial charge is 0.358 e. The molecule has 21 heavy (non-hydrogen) atoms. The van der Waals surface area contributed by atoms with Gasteiger partial charge in [-0.15, -0.1) is 5.10 Å². The van der Waals surface area contributed by atoms with Gasteiger partial charge < -0.3 is 10.0 Å². The molecule has 1 N–H and O–H groups in total. The van der Waals surface area contributed by atoms with Crippen LogP contribution in [0.1, 0.15) is 28.4 Å². The van der Waals surface area contributed by atoms with Crippen molar-refractivity contribution in [2.45, 2.75) is 18.9 Å². The molecule has 0 amide bonds. The number of aromatic carboxylic acids is 1. The van der Waals surface area contributed by atoms with E-state index in [9.17, 15) is 4.79 Å². The summed E-state index contributed by atoms with van der Waals surface area (Å²) in [6.07, 6.45) is 2.65. The molecule has 0 radical (unpaired) electrons. The van der Waals surface area contributed by atoms with Crippen LogP contribution < -0.4 is 0 Å². The molecule has 6 nitrogen and oxygen atoms in total. The molecule has 0 bridgehead atoms. The number of carbonyl (C=O) groups is 1. The monoisotopic (exact) mass is 286 g/mol. The maximum atomic E-state index is 10.7. The van der Waals surface area contributed by atoms with Gasteiger partial charge in [0, 0.05) is 13.1 Å². The second-order valence-electron chi connectivity index (χ2n) is 5.37. The first-order chi connectivity index (χ1) is 10.2. The first-order valence-electron chi connectivity index (χ1n) is 7.13. The Kier molecular flexibility index (Phi) is 3.96. The molecule has 2 aromatic rings. The highest BCUT2D eigenvalue weighted by molar-refractivity contribution is 5.84. The Bertz CT molecular complexity index is 611. The number of likely N-dealkylation sites (tertiary alicyclic amines) is 1. The van der Waals surface area contributed by atoms with Crippen LogP contribution in [0.4, 0.5) is 0 Å². The van der Waals surface area contributed by atoms with Crippen molar-refractivity contribution in [1.29, 1.82) is 0 Å². The predicted octanol–water partition coefficient (Wildman–Crippen LogP) is 1.47. The van der Waals surface area contributed by atoms with E-state index in [1.54, 1.807) is 4.68 Å². The summed E-state index contributed by atoms with van der Waals surface area (Å²) in [6.45, 7) is 3.65. The van der Waals surface area contributed by atoms with E-state index < -0.39 is 5.97 Å². The zero-order chi connectivity index (χ0) is 14.7. The molecule has 1 aliphatic heterocycles. The normalized spacial score (nSPS) is 19.0. The Morgan fingerprint density at radius 3 is 2.81 bits per heavy atom. The molecule has 1 aromatic carbocycles. The van der Waals surface area contributed by atoms with E-state index in [1.165, 1.54) is 18.2 Å². The standard InChI is InChI=1S/C15H18N4O2/c20-15(21)14-11-19(17-16-14)9-8-18-7-6-13(10-18)12-4-2-1-3-5-12/h1-5,11,13H,6-10H2,(H,20,21). The number of carboxylic acid groups (broad SMARTS) is 1. The third-order valence-corrected chi connectivity index (χ3v) is 3.95. The van der Waals surface area contributed by atoms with Crippen LogP contribution in [0.2, 0.25) is 0 Å². The largest absolute Gasteiger partial charge is 0.476 e. The minimum atomic E-state index is -1.04. The third kappa shape index (κ3) is 3.28. The summed E-state index contributed by atoms with van der Waals surface area (Å²) in [5.41, 5.74) is 1.40. The lowest BCUT2D eigenvalue weighted by atomic mass is 9.99. The first kappa shape index (κ1) is 13.8. The highest BCUT2D eigenvalue weighted by Crippen LogP contribution is 2.26. The van der Waals surface area contributed by atoms with Crippen LogP contribution in [-0.2, 0) is 6.54 Å². The SMILES string of the molecule is O=C(O)c1cn(CCN2CCC(c3ccccc3)C2)nn1. The number of benzene rings is 1. The average Bonchev–Trinajstić information content (AvgIpc) is 3.15. The van der Waals surface area contributed by atoms with Crippen LogP contribution in [0.3, 0.4) is 0 Å². The second-order valence-corrected chi connectivity index (χ2v) is 5.37. The van der Waals surface area contributed by atoms with E-state index in [2.05, 4.69) is 39.5 Å². The summed E-state index contributed by atoms with van der Waals surface area (Å²) in [6, 6.07) is 10.6. The molecule has 1 aliphatic rings. The number of nitrogens with zero attached hydrogens (tertiary/aromatic N) is 4. The van der Waals surface area contributed by atoms with Crippen molar-refractivity contribution >= 4 is 5.97 Å². The third-order valence-electron chi connectivity index (χ3n) is 3.95. The van der Waals surface area contributed by atoms with E-state index in [0.29, 0.717) is 12.5 Å². The number of hydrogen-bond donors (Lipinski definition) is 1. The van der Waals surface area contributed by atoms with Gasteiger partial charge >= 0.3 is 5.97 Å². The molecule has 0 spiro atoms. The summed E-state index contributed by atoms with van der Waals surface area (Å²) < 4.78 is 1.60. The quantitative estimate of drug-likeness (QED) is 0.901. The molecule has 1 saturated heterocycles. The topological polar surface area (TPSA) is 71.2 Å². The maximum absolute atomic E-state index is 10.7. The average molecular weight is 286 g/mol. The first-order valence-corrected chi connectivity index (χ1v) is 7.13. The molecule has 6 heteroatoms. The van der Waals surface area contributed by atoms with E-state index in [-0.39, 0.29) is 5.69 Å². The van der Waals surface area contributed by atoms with Crippen molar-refractivity contribution in [2.75, 3.05) is 19.6 Å². The minimum absolute atomic E-state index is 0.00131. The van der Waals surface area contributed by atoms with Crippen LogP contribution in [0, 0.1) is 0 Å². The fourth-order valence-electron chi connectivity index (χ4n) is 2.78. The van der Waals surface area contributed by atoms with Crippen molar-refractivity contribution in [3.05, 3.63) is 47.8 Å². The Labute approximate surface area is 123 Å². The van der Waals surface area contributed by atoms with Crippen molar-refractivity contribution in [3.8, 4) is 0 Å². The van der Waals surface area contributed by atoms with Crippen molar-refractivity contribution in [2.24, 2.45) is 0 Å². The lowest BCUT2D eigenvalue weighted by Crippen LogP contribution is -2.25. The Balaban J connectivity index is 1.52. The molecule has 3 rings (SSSR count). The minimum Gasteiger partial charge on any atom is -0.476 e. The Morgan fingerprint density at radius 1 is 1.29 bits per heavy atom. The molecule has 1 atom stereocenters. The van der Waals surface area contributed by atoms with E-state index in [1.807, 2.05) is 6.07 Å². The van der Waals surface area contributed by atoms with Crippen LogP contribution in [0.5, 0.6) is 0 Å². The molecule has 0 aliphatic carbocycles. The summed E-state index contributed by atoms with van der Waals surface area (Å²) in [5.74, 6) is -0.442. The summed E-state index contributed by atoms with van der Waals surface area (Å²) in [4.78, 5) is 13.1. The molecule has 1 unspecified atom stereocenters. The van der Waals surface area contributed by atoms with E-state index in [0.717, 1.165) is 19.6 Å². The molecule has 1 fully saturated rings. The van der Waals surface area contributed by atoms with Gasteiger partial charge in [-0.05, 0) is 24.4 Å². The second kappa shape index (κ2) is 6.05. The van der Waals surface area contributed by atoms with Gasteiger partial charge in [-0.25, -0.2) is 4.79 Å². The maximum Gasteiger partial charge on any atom is 0.358 e. The number of aromatic nitrogens is 3. The van der Waals surface area contributed by atoms with Crippen LogP contribution in [-0.4, -0.2) is 50.6 Å². The predicted molar refractivity (Wildman–Crippen MR) is 77.2 cm³/mol. The number of rotatable bonds is 5. The number of carboxylic acids is 1. The molecule has 2 heterocycles. The van der Waals surface area contributed by atoms with Gasteiger partial charge in [0.05, 0.1) is 12.7 Å². The highest BCUT2D eigenvalue weighted by atomic mass is 16.4. The molecular weight excluding hydrogens is 268 g/mol. The summed E-state index contributed by atoms with van der Waals surface area (Å²) in [7, 11) is 0. The fraction of sp³-hybridized carbons (Fsp3) is 0.400. The van der Waals surface area contributed by atoms with Gasteiger partial charge in [0.15, 0.2) is 5.69 Å². The lowest BCUT2D eigenvalue weighted by molar-refractivity contribution is 0.0690. The van der Waals surface area contributed by atoms with Crippen LogP contribution >= 0.6 is 0 Å². The van der Waals surface area contributed by atoms with E-state index in [4.69, 9.17) is 5.11 Å². The van der Waals surface area contributed by atoms with E-state index >= 15 is 0 Å². The van der Waals surface area contributed by atoms with Gasteiger partial charge in [-0.2, -0.15) is 0 Å². The van der Waals surface area contributed by atoms with Crippen molar-refractivity contribution < 1.29 is 9.90 Å². The Hall–Kier alpha value is -2.21. The van der Waals surface area contributed by atoms with Crippen LogP contribution in [0.15, 0.2) is 36.5 Å². The number of hydrogen-bond acceptors (Lipinski definition) is 4. The fourth-order valence-corrected chi connectivity index (χ4v) is 2.78. The molecular formula is C15H18N4O2. The van der Waals surface area contributed by atoms with Gasteiger partial charge in [0.25, 0.3) is 0 Å². The summed E-state index contributed by atoms with van der Waals surface area (Å²) >= 11 is 0. The summed E-state index contributed by atoms with van der Waals surface area (Å²) in [5, 5.41) is 16.3. The van der Waals surface area contributed by atoms with Crippen molar-refractivity contribution in [1.82, 2.24) is 19.9 Å². The highest BCUT2D eigenvalue weighted by Gasteiger charge is 2.23. The Morgan fingerprint density at radius 2 is 2.10 bits per heavy atom. The lowest BCUT2D eigenvalue weighted by Gasteiger charge is -2.15. The van der Waals surface area contributed by atoms with Crippen molar-refractivity contribution in [3.63, 3.8) is 0 Å².